The Morgan fingerprint density at radius 1 is 1.42 bits per heavy atom. The molecule has 0 aromatic carbocycles. The van der Waals surface area contributed by atoms with Crippen molar-refractivity contribution in [3.63, 3.8) is 0 Å². The lowest BCUT2D eigenvalue weighted by Gasteiger charge is -2.06. The summed E-state index contributed by atoms with van der Waals surface area (Å²) in [5.41, 5.74) is 6.60. The van der Waals surface area contributed by atoms with E-state index in [1.165, 1.54) is 0 Å². The highest BCUT2D eigenvalue weighted by Crippen LogP contribution is 2.27. The molecule has 0 amide bonds. The molecule has 2 aromatic heterocycles. The van der Waals surface area contributed by atoms with Crippen LogP contribution in [0.25, 0.3) is 11.3 Å². The van der Waals surface area contributed by atoms with E-state index < -0.39 is 0 Å². The third kappa shape index (κ3) is 2.16. The summed E-state index contributed by atoms with van der Waals surface area (Å²) in [4.78, 5) is 4.39. The monoisotopic (exact) mass is 256 g/mol. The van der Waals surface area contributed by atoms with E-state index in [4.69, 9.17) is 11.1 Å². The van der Waals surface area contributed by atoms with Crippen molar-refractivity contribution >= 4 is 5.82 Å². The second kappa shape index (κ2) is 5.08. The van der Waals surface area contributed by atoms with E-state index in [-0.39, 0.29) is 0 Å². The number of nitrogen functional groups attached to an aromatic ring is 1. The van der Waals surface area contributed by atoms with E-state index in [1.807, 2.05) is 37.6 Å². The van der Waals surface area contributed by atoms with E-state index in [0.29, 0.717) is 11.4 Å². The molecule has 0 unspecified atom stereocenters. The summed E-state index contributed by atoms with van der Waals surface area (Å²) in [6.07, 6.45) is 0. The molecule has 6 nitrogen and oxygen atoms in total. The van der Waals surface area contributed by atoms with Gasteiger partial charge in [-0.05, 0) is 32.9 Å². The van der Waals surface area contributed by atoms with Gasteiger partial charge in [0.1, 0.15) is 6.07 Å². The number of rotatable bonds is 3. The van der Waals surface area contributed by atoms with Gasteiger partial charge in [0.2, 0.25) is 0 Å². The van der Waals surface area contributed by atoms with Crippen molar-refractivity contribution in [1.29, 1.82) is 5.26 Å². The van der Waals surface area contributed by atoms with Gasteiger partial charge in [-0.1, -0.05) is 0 Å². The fourth-order valence-electron chi connectivity index (χ4n) is 2.17. The SMILES string of the molecule is CCn1nc(C)c(-c2ccc(C#N)c(NN)n2)c1C. The number of nitriles is 1. The molecule has 2 rings (SSSR count). The van der Waals surface area contributed by atoms with Gasteiger partial charge in [0.25, 0.3) is 0 Å². The van der Waals surface area contributed by atoms with Gasteiger partial charge in [-0.3, -0.25) is 4.68 Å². The molecular weight excluding hydrogens is 240 g/mol. The van der Waals surface area contributed by atoms with Gasteiger partial charge >= 0.3 is 0 Å². The largest absolute Gasteiger partial charge is 0.307 e. The van der Waals surface area contributed by atoms with Gasteiger partial charge in [0, 0.05) is 17.8 Å². The number of anilines is 1. The smallest absolute Gasteiger partial charge is 0.158 e. The number of nitrogens with two attached hydrogens (primary N) is 1. The van der Waals surface area contributed by atoms with Crippen molar-refractivity contribution < 1.29 is 0 Å². The van der Waals surface area contributed by atoms with Gasteiger partial charge in [-0.15, -0.1) is 0 Å². The molecule has 0 aliphatic rings. The van der Waals surface area contributed by atoms with Crippen molar-refractivity contribution in [3.8, 4) is 17.3 Å². The zero-order valence-corrected chi connectivity index (χ0v) is 11.2. The van der Waals surface area contributed by atoms with Crippen LogP contribution < -0.4 is 11.3 Å². The molecule has 0 radical (unpaired) electrons. The minimum atomic E-state index is 0.378. The lowest BCUT2D eigenvalue weighted by atomic mass is 10.1. The number of nitrogens with zero attached hydrogens (tertiary/aromatic N) is 4. The Kier molecular flexibility index (Phi) is 3.49. The van der Waals surface area contributed by atoms with Crippen LogP contribution in [0.1, 0.15) is 23.9 Å². The number of pyridine rings is 1. The second-order valence-corrected chi connectivity index (χ2v) is 4.21. The number of hydrazine groups is 1. The van der Waals surface area contributed by atoms with Crippen molar-refractivity contribution in [3.05, 3.63) is 29.1 Å². The molecule has 0 saturated heterocycles. The van der Waals surface area contributed by atoms with Crippen LogP contribution in [0.2, 0.25) is 0 Å². The van der Waals surface area contributed by atoms with Crippen LogP contribution in [0.5, 0.6) is 0 Å². The lowest BCUT2D eigenvalue weighted by molar-refractivity contribution is 0.634. The third-order valence-electron chi connectivity index (χ3n) is 3.09. The number of hydrogen-bond acceptors (Lipinski definition) is 5. The predicted molar refractivity (Wildman–Crippen MR) is 73.1 cm³/mol. The number of aryl methyl sites for hydroxylation is 2. The van der Waals surface area contributed by atoms with Crippen LogP contribution in [-0.4, -0.2) is 14.8 Å². The summed E-state index contributed by atoms with van der Waals surface area (Å²) in [5.74, 6) is 5.77. The van der Waals surface area contributed by atoms with Crippen LogP contribution in [0.15, 0.2) is 12.1 Å². The van der Waals surface area contributed by atoms with Gasteiger partial charge in [0.15, 0.2) is 5.82 Å². The van der Waals surface area contributed by atoms with E-state index in [9.17, 15) is 0 Å². The first-order valence-corrected chi connectivity index (χ1v) is 6.04. The van der Waals surface area contributed by atoms with E-state index in [1.54, 1.807) is 6.07 Å². The quantitative estimate of drug-likeness (QED) is 0.644. The van der Waals surface area contributed by atoms with Gasteiger partial charge in [-0.25, -0.2) is 10.8 Å². The molecule has 0 spiro atoms. The first-order valence-electron chi connectivity index (χ1n) is 6.04. The minimum absolute atomic E-state index is 0.378. The Hall–Kier alpha value is -2.39. The molecule has 0 atom stereocenters. The Morgan fingerprint density at radius 2 is 2.16 bits per heavy atom. The Balaban J connectivity index is 2.60. The molecule has 2 heterocycles. The standard InChI is InChI=1S/C13H16N6/c1-4-19-9(3)12(8(2)18-19)11-6-5-10(7-14)13(16-11)17-15/h5-6H,4,15H2,1-3H3,(H,16,17). The molecular formula is C13H16N6. The highest BCUT2D eigenvalue weighted by atomic mass is 15.3. The molecule has 6 heteroatoms. The molecule has 0 aliphatic carbocycles. The first-order chi connectivity index (χ1) is 9.12. The first kappa shape index (κ1) is 13.1. The molecule has 2 aromatic rings. The van der Waals surface area contributed by atoms with Crippen LogP contribution >= 0.6 is 0 Å². The molecule has 0 bridgehead atoms. The molecule has 19 heavy (non-hydrogen) atoms. The molecule has 98 valence electrons. The number of nitrogens with one attached hydrogen (secondary N) is 1. The topological polar surface area (TPSA) is 92.5 Å². The highest BCUT2D eigenvalue weighted by molar-refractivity contribution is 5.68. The maximum atomic E-state index is 8.96. The van der Waals surface area contributed by atoms with Gasteiger partial charge < -0.3 is 5.43 Å². The van der Waals surface area contributed by atoms with Gasteiger partial charge in [0.05, 0.1) is 17.0 Å². The Labute approximate surface area is 111 Å². The maximum Gasteiger partial charge on any atom is 0.158 e. The molecule has 0 saturated carbocycles. The summed E-state index contributed by atoms with van der Waals surface area (Å²) in [7, 11) is 0. The fourth-order valence-corrected chi connectivity index (χ4v) is 2.17. The molecule has 3 N–H and O–H groups in total. The second-order valence-electron chi connectivity index (χ2n) is 4.21. The predicted octanol–water partition coefficient (Wildman–Crippen LogP) is 1.74. The van der Waals surface area contributed by atoms with E-state index in [0.717, 1.165) is 29.2 Å². The lowest BCUT2D eigenvalue weighted by Crippen LogP contribution is -2.10. The number of aromatic nitrogens is 3. The van der Waals surface area contributed by atoms with Crippen molar-refractivity contribution in [2.24, 2.45) is 5.84 Å². The Morgan fingerprint density at radius 3 is 2.68 bits per heavy atom. The zero-order chi connectivity index (χ0) is 14.0. The normalized spacial score (nSPS) is 10.3. The van der Waals surface area contributed by atoms with Crippen LogP contribution in [0.3, 0.4) is 0 Å². The average Bonchev–Trinajstić information content (AvgIpc) is 2.72. The number of hydrogen-bond donors (Lipinski definition) is 2. The zero-order valence-electron chi connectivity index (χ0n) is 11.2. The summed E-state index contributed by atoms with van der Waals surface area (Å²) >= 11 is 0. The minimum Gasteiger partial charge on any atom is -0.307 e. The third-order valence-corrected chi connectivity index (χ3v) is 3.09. The van der Waals surface area contributed by atoms with Crippen molar-refractivity contribution in [1.82, 2.24) is 14.8 Å². The summed E-state index contributed by atoms with van der Waals surface area (Å²) in [5, 5.41) is 13.4. The van der Waals surface area contributed by atoms with E-state index in [2.05, 4.69) is 15.5 Å². The summed E-state index contributed by atoms with van der Waals surface area (Å²) < 4.78 is 1.93. The van der Waals surface area contributed by atoms with Gasteiger partial charge in [-0.2, -0.15) is 10.4 Å². The Bertz CT molecular complexity index is 650. The maximum absolute atomic E-state index is 8.96. The molecule has 0 fully saturated rings. The fraction of sp³-hybridized carbons (Fsp3) is 0.308. The summed E-state index contributed by atoms with van der Waals surface area (Å²) in [6.45, 7) is 6.81. The van der Waals surface area contributed by atoms with Crippen LogP contribution in [0, 0.1) is 25.2 Å². The molecule has 0 aliphatic heterocycles. The highest BCUT2D eigenvalue weighted by Gasteiger charge is 2.15. The van der Waals surface area contributed by atoms with Crippen LogP contribution in [0.4, 0.5) is 5.82 Å². The average molecular weight is 256 g/mol. The van der Waals surface area contributed by atoms with Crippen LogP contribution in [-0.2, 0) is 6.54 Å². The van der Waals surface area contributed by atoms with Crippen molar-refractivity contribution in [2.45, 2.75) is 27.3 Å². The van der Waals surface area contributed by atoms with Crippen molar-refractivity contribution in [2.75, 3.05) is 5.43 Å². The summed E-state index contributed by atoms with van der Waals surface area (Å²) in [6, 6.07) is 5.57. The van der Waals surface area contributed by atoms with E-state index >= 15 is 0 Å².